The lowest BCUT2D eigenvalue weighted by atomic mass is 9.94. The van der Waals surface area contributed by atoms with Crippen LogP contribution in [0, 0.1) is 5.92 Å². The van der Waals surface area contributed by atoms with E-state index in [2.05, 4.69) is 23.9 Å². The minimum Gasteiger partial charge on any atom is -0.329 e. The van der Waals surface area contributed by atoms with Gasteiger partial charge in [0.25, 0.3) is 0 Å². The van der Waals surface area contributed by atoms with Gasteiger partial charge < -0.3 is 10.6 Å². The first-order valence-corrected chi connectivity index (χ1v) is 8.30. The highest BCUT2D eigenvalue weighted by atomic mass is 35.5. The first kappa shape index (κ1) is 17.0. The van der Waals surface area contributed by atoms with E-state index >= 15 is 0 Å². The normalized spacial score (nSPS) is 19.1. The van der Waals surface area contributed by atoms with Crippen molar-refractivity contribution in [2.24, 2.45) is 11.7 Å². The molecule has 0 bridgehead atoms. The molecule has 118 valence electrons. The summed E-state index contributed by atoms with van der Waals surface area (Å²) in [6.45, 7) is 3.98. The second-order valence-electron chi connectivity index (χ2n) is 6.17. The Hall–Kier alpha value is -0.320. The summed E-state index contributed by atoms with van der Waals surface area (Å²) < 4.78 is 0. The average molecular weight is 330 g/mol. The van der Waals surface area contributed by atoms with Gasteiger partial charge in [0.1, 0.15) is 0 Å². The van der Waals surface area contributed by atoms with Gasteiger partial charge in [-0.15, -0.1) is 0 Å². The van der Waals surface area contributed by atoms with Crippen LogP contribution in [0.25, 0.3) is 0 Å². The van der Waals surface area contributed by atoms with E-state index in [4.69, 9.17) is 28.9 Å². The molecule has 0 aromatic heterocycles. The van der Waals surface area contributed by atoms with E-state index in [9.17, 15) is 0 Å². The summed E-state index contributed by atoms with van der Waals surface area (Å²) in [7, 11) is 4.29. The van der Waals surface area contributed by atoms with Crippen LogP contribution in [-0.2, 0) is 0 Å². The number of hydrogen-bond acceptors (Lipinski definition) is 3. The Morgan fingerprint density at radius 3 is 2.43 bits per heavy atom. The maximum absolute atomic E-state index is 6.14. The molecule has 1 saturated heterocycles. The molecule has 1 aromatic carbocycles. The van der Waals surface area contributed by atoms with Crippen molar-refractivity contribution in [2.45, 2.75) is 18.9 Å². The smallest absolute Gasteiger partial charge is 0.0595 e. The van der Waals surface area contributed by atoms with Crippen LogP contribution in [0.2, 0.25) is 10.0 Å². The average Bonchev–Trinajstić information content (AvgIpc) is 2.45. The van der Waals surface area contributed by atoms with Crippen LogP contribution in [0.1, 0.15) is 24.4 Å². The van der Waals surface area contributed by atoms with E-state index in [0.717, 1.165) is 24.6 Å². The van der Waals surface area contributed by atoms with E-state index in [-0.39, 0.29) is 6.04 Å². The van der Waals surface area contributed by atoms with E-state index in [1.165, 1.54) is 19.4 Å². The van der Waals surface area contributed by atoms with Gasteiger partial charge in [0, 0.05) is 19.1 Å². The fourth-order valence-corrected chi connectivity index (χ4v) is 3.49. The monoisotopic (exact) mass is 329 g/mol. The number of piperidine rings is 1. The number of halogens is 2. The Bertz CT molecular complexity index is 457. The molecule has 0 radical (unpaired) electrons. The van der Waals surface area contributed by atoms with Crippen molar-refractivity contribution in [3.8, 4) is 0 Å². The third-order valence-corrected chi connectivity index (χ3v) is 5.00. The van der Waals surface area contributed by atoms with Crippen LogP contribution in [0.5, 0.6) is 0 Å². The zero-order valence-corrected chi connectivity index (χ0v) is 14.4. The molecule has 21 heavy (non-hydrogen) atoms. The largest absolute Gasteiger partial charge is 0.329 e. The lowest BCUT2D eigenvalue weighted by Gasteiger charge is -2.38. The number of benzene rings is 1. The van der Waals surface area contributed by atoms with Gasteiger partial charge in [0.2, 0.25) is 0 Å². The lowest BCUT2D eigenvalue weighted by molar-refractivity contribution is 0.122. The standard InChI is InChI=1S/C16H25Cl2N3/c1-20(2)11-12-5-7-21(8-6-12)16(10-19)13-3-4-14(17)15(18)9-13/h3-4,9,12,16H,5-8,10-11,19H2,1-2H3. The third-order valence-electron chi connectivity index (χ3n) is 4.26. The second-order valence-corrected chi connectivity index (χ2v) is 6.98. The molecule has 2 rings (SSSR count). The number of hydrogen-bond donors (Lipinski definition) is 1. The zero-order valence-electron chi connectivity index (χ0n) is 12.9. The molecule has 1 aromatic rings. The van der Waals surface area contributed by atoms with Crippen molar-refractivity contribution >= 4 is 23.2 Å². The van der Waals surface area contributed by atoms with Gasteiger partial charge in [-0.05, 0) is 63.6 Å². The topological polar surface area (TPSA) is 32.5 Å². The molecule has 0 amide bonds. The van der Waals surface area contributed by atoms with E-state index in [1.54, 1.807) is 0 Å². The van der Waals surface area contributed by atoms with Crippen molar-refractivity contribution in [1.29, 1.82) is 0 Å². The minimum atomic E-state index is 0.236. The molecule has 0 spiro atoms. The molecule has 1 unspecified atom stereocenters. The highest BCUT2D eigenvalue weighted by Gasteiger charge is 2.25. The Morgan fingerprint density at radius 1 is 1.24 bits per heavy atom. The van der Waals surface area contributed by atoms with Crippen molar-refractivity contribution in [3.05, 3.63) is 33.8 Å². The third kappa shape index (κ3) is 4.57. The zero-order chi connectivity index (χ0) is 15.4. The molecule has 5 heteroatoms. The molecule has 1 atom stereocenters. The van der Waals surface area contributed by atoms with Gasteiger partial charge in [0.15, 0.2) is 0 Å². The maximum Gasteiger partial charge on any atom is 0.0595 e. The quantitative estimate of drug-likeness (QED) is 0.899. The predicted octanol–water partition coefficient (Wildman–Crippen LogP) is 3.27. The van der Waals surface area contributed by atoms with Crippen molar-refractivity contribution in [1.82, 2.24) is 9.80 Å². The SMILES string of the molecule is CN(C)CC1CCN(C(CN)c2ccc(Cl)c(Cl)c2)CC1. The van der Waals surface area contributed by atoms with Crippen molar-refractivity contribution in [3.63, 3.8) is 0 Å². The first-order valence-electron chi connectivity index (χ1n) is 7.55. The van der Waals surface area contributed by atoms with E-state index in [0.29, 0.717) is 16.6 Å². The Kier molecular flexibility index (Phi) is 6.33. The maximum atomic E-state index is 6.14. The summed E-state index contributed by atoms with van der Waals surface area (Å²) >= 11 is 12.1. The minimum absolute atomic E-state index is 0.236. The molecule has 1 fully saturated rings. The molecule has 0 saturated carbocycles. The van der Waals surface area contributed by atoms with Gasteiger partial charge in [-0.25, -0.2) is 0 Å². The molecule has 1 heterocycles. The van der Waals surface area contributed by atoms with Gasteiger partial charge in [-0.2, -0.15) is 0 Å². The highest BCUT2D eigenvalue weighted by molar-refractivity contribution is 6.42. The van der Waals surface area contributed by atoms with Crippen molar-refractivity contribution < 1.29 is 0 Å². The summed E-state index contributed by atoms with van der Waals surface area (Å²) in [4.78, 5) is 4.76. The fraction of sp³-hybridized carbons (Fsp3) is 0.625. The molecular formula is C16H25Cl2N3. The molecular weight excluding hydrogens is 305 g/mol. The molecule has 3 nitrogen and oxygen atoms in total. The summed E-state index contributed by atoms with van der Waals surface area (Å²) in [5.41, 5.74) is 7.18. The highest BCUT2D eigenvalue weighted by Crippen LogP contribution is 2.30. The van der Waals surface area contributed by atoms with E-state index in [1.807, 2.05) is 18.2 Å². The van der Waals surface area contributed by atoms with Gasteiger partial charge >= 0.3 is 0 Å². The van der Waals surface area contributed by atoms with E-state index < -0.39 is 0 Å². The number of nitrogens with zero attached hydrogens (tertiary/aromatic N) is 2. The van der Waals surface area contributed by atoms with Crippen molar-refractivity contribution in [2.75, 3.05) is 40.3 Å². The molecule has 0 aliphatic carbocycles. The van der Waals surface area contributed by atoms with Crippen LogP contribution in [-0.4, -0.2) is 50.1 Å². The Labute approximate surface area is 138 Å². The summed E-state index contributed by atoms with van der Waals surface area (Å²) in [6, 6.07) is 6.09. The Balaban J connectivity index is 2.00. The first-order chi connectivity index (χ1) is 10.0. The van der Waals surface area contributed by atoms with Gasteiger partial charge in [-0.3, -0.25) is 4.90 Å². The van der Waals surface area contributed by atoms with Gasteiger partial charge in [0.05, 0.1) is 10.0 Å². The van der Waals surface area contributed by atoms with Crippen LogP contribution >= 0.6 is 23.2 Å². The summed E-state index contributed by atoms with van der Waals surface area (Å²) in [5, 5.41) is 1.20. The number of rotatable bonds is 5. The molecule has 1 aliphatic rings. The number of likely N-dealkylation sites (tertiary alicyclic amines) is 1. The second kappa shape index (κ2) is 7.80. The van der Waals surface area contributed by atoms with Crippen LogP contribution in [0.3, 0.4) is 0 Å². The predicted molar refractivity (Wildman–Crippen MR) is 91.1 cm³/mol. The van der Waals surface area contributed by atoms with Gasteiger partial charge in [-0.1, -0.05) is 29.3 Å². The van der Waals surface area contributed by atoms with Crippen LogP contribution < -0.4 is 5.73 Å². The lowest BCUT2D eigenvalue weighted by Crippen LogP contribution is -2.41. The Morgan fingerprint density at radius 2 is 1.90 bits per heavy atom. The summed E-state index contributed by atoms with van der Waals surface area (Å²) in [5.74, 6) is 0.795. The number of nitrogens with two attached hydrogens (primary N) is 1. The van der Waals surface area contributed by atoms with Crippen LogP contribution in [0.15, 0.2) is 18.2 Å². The fourth-order valence-electron chi connectivity index (χ4n) is 3.18. The van der Waals surface area contributed by atoms with Crippen LogP contribution in [0.4, 0.5) is 0 Å². The molecule has 1 aliphatic heterocycles. The summed E-state index contributed by atoms with van der Waals surface area (Å²) in [6.07, 6.45) is 2.46. The molecule has 2 N–H and O–H groups in total.